The average molecular weight is 295 g/mol. The van der Waals surface area contributed by atoms with Crippen molar-refractivity contribution in [3.8, 4) is 0 Å². The first-order valence-corrected chi connectivity index (χ1v) is 8.13. The number of thiophene rings is 1. The van der Waals surface area contributed by atoms with E-state index in [1.165, 1.54) is 10.4 Å². The van der Waals surface area contributed by atoms with E-state index in [4.69, 9.17) is 4.74 Å². The molecule has 2 aliphatic heterocycles. The second kappa shape index (κ2) is 5.84. The van der Waals surface area contributed by atoms with Crippen molar-refractivity contribution in [1.82, 2.24) is 4.90 Å². The normalized spacial score (nSPS) is 24.3. The molecule has 1 N–H and O–H groups in total. The first kappa shape index (κ1) is 14.0. The van der Waals surface area contributed by atoms with Crippen LogP contribution in [0.1, 0.15) is 39.9 Å². The average Bonchev–Trinajstić information content (AvgIpc) is 2.90. The summed E-state index contributed by atoms with van der Waals surface area (Å²) in [5.74, 6) is 0.334. The fourth-order valence-corrected chi connectivity index (χ4v) is 4.11. The molecule has 2 aliphatic rings. The highest BCUT2D eigenvalue weighted by molar-refractivity contribution is 7.14. The third-order valence-corrected chi connectivity index (χ3v) is 5.49. The monoisotopic (exact) mass is 295 g/mol. The summed E-state index contributed by atoms with van der Waals surface area (Å²) in [7, 11) is 0. The molecule has 2 unspecified atom stereocenters. The molecule has 20 heavy (non-hydrogen) atoms. The van der Waals surface area contributed by atoms with E-state index in [1.807, 2.05) is 17.9 Å². The fraction of sp³-hybridized carbons (Fsp3) is 0.667. The summed E-state index contributed by atoms with van der Waals surface area (Å²) in [6.07, 6.45) is 2.57. The Labute approximate surface area is 123 Å². The topological polar surface area (TPSA) is 49.8 Å². The van der Waals surface area contributed by atoms with Crippen LogP contribution in [-0.2, 0) is 17.8 Å². The van der Waals surface area contributed by atoms with Crippen molar-refractivity contribution in [1.29, 1.82) is 0 Å². The summed E-state index contributed by atoms with van der Waals surface area (Å²) in [5, 5.41) is 9.73. The molecule has 0 bridgehead atoms. The van der Waals surface area contributed by atoms with Gasteiger partial charge >= 0.3 is 0 Å². The Morgan fingerprint density at radius 3 is 3.20 bits per heavy atom. The molecule has 0 saturated carbocycles. The van der Waals surface area contributed by atoms with Gasteiger partial charge in [0.15, 0.2) is 0 Å². The molecule has 1 saturated heterocycles. The maximum atomic E-state index is 12.6. The van der Waals surface area contributed by atoms with Crippen LogP contribution in [0.3, 0.4) is 0 Å². The maximum Gasteiger partial charge on any atom is 0.263 e. The summed E-state index contributed by atoms with van der Waals surface area (Å²) in [5.41, 5.74) is 1.17. The molecular weight excluding hydrogens is 274 g/mol. The Bertz CT molecular complexity index is 474. The SMILES string of the molecule is CC(O)C1CCCN(C(=O)c2cc3c(s2)CCOC3)C1. The van der Waals surface area contributed by atoms with Crippen molar-refractivity contribution in [2.24, 2.45) is 5.92 Å². The van der Waals surface area contributed by atoms with Gasteiger partial charge in [-0.3, -0.25) is 4.79 Å². The van der Waals surface area contributed by atoms with Gasteiger partial charge in [-0.2, -0.15) is 0 Å². The minimum absolute atomic E-state index is 0.120. The quantitative estimate of drug-likeness (QED) is 0.908. The number of aliphatic hydroxyl groups is 1. The van der Waals surface area contributed by atoms with Crippen molar-refractivity contribution in [3.63, 3.8) is 0 Å². The number of hydrogen-bond acceptors (Lipinski definition) is 4. The van der Waals surface area contributed by atoms with Crippen LogP contribution >= 0.6 is 11.3 Å². The van der Waals surface area contributed by atoms with Crippen LogP contribution in [0.5, 0.6) is 0 Å². The summed E-state index contributed by atoms with van der Waals surface area (Å²) in [4.78, 5) is 16.6. The van der Waals surface area contributed by atoms with Gasteiger partial charge in [0.25, 0.3) is 5.91 Å². The van der Waals surface area contributed by atoms with Crippen LogP contribution < -0.4 is 0 Å². The van der Waals surface area contributed by atoms with Gasteiger partial charge < -0.3 is 14.7 Å². The summed E-state index contributed by atoms with van der Waals surface area (Å²) >= 11 is 1.61. The molecule has 1 aromatic rings. The number of fused-ring (bicyclic) bond motifs is 1. The van der Waals surface area contributed by atoms with E-state index in [2.05, 4.69) is 0 Å². The lowest BCUT2D eigenvalue weighted by atomic mass is 9.93. The van der Waals surface area contributed by atoms with E-state index in [1.54, 1.807) is 11.3 Å². The molecule has 110 valence electrons. The Balaban J connectivity index is 1.73. The van der Waals surface area contributed by atoms with Crippen LogP contribution in [0, 0.1) is 5.92 Å². The number of hydrogen-bond donors (Lipinski definition) is 1. The number of nitrogens with zero attached hydrogens (tertiary/aromatic N) is 1. The maximum absolute atomic E-state index is 12.6. The van der Waals surface area contributed by atoms with E-state index in [0.717, 1.165) is 37.3 Å². The van der Waals surface area contributed by atoms with Gasteiger partial charge in [-0.25, -0.2) is 0 Å². The van der Waals surface area contributed by atoms with E-state index in [0.29, 0.717) is 13.2 Å². The minimum atomic E-state index is -0.337. The number of aliphatic hydroxyl groups excluding tert-OH is 1. The smallest absolute Gasteiger partial charge is 0.263 e. The number of ether oxygens (including phenoxy) is 1. The van der Waals surface area contributed by atoms with Gasteiger partial charge in [0, 0.05) is 30.3 Å². The fourth-order valence-electron chi connectivity index (χ4n) is 3.00. The Kier molecular flexibility index (Phi) is 4.10. The third-order valence-electron chi connectivity index (χ3n) is 4.27. The molecule has 0 radical (unpaired) electrons. The van der Waals surface area contributed by atoms with Crippen LogP contribution in [0.25, 0.3) is 0 Å². The first-order valence-electron chi connectivity index (χ1n) is 7.32. The molecule has 2 atom stereocenters. The van der Waals surface area contributed by atoms with E-state index < -0.39 is 0 Å². The molecule has 5 heteroatoms. The number of carbonyl (C=O) groups is 1. The summed E-state index contributed by atoms with van der Waals surface area (Å²) in [6, 6.07) is 1.99. The van der Waals surface area contributed by atoms with Crippen molar-refractivity contribution >= 4 is 17.2 Å². The third kappa shape index (κ3) is 2.75. The zero-order valence-electron chi connectivity index (χ0n) is 11.8. The minimum Gasteiger partial charge on any atom is -0.393 e. The Morgan fingerprint density at radius 2 is 2.45 bits per heavy atom. The van der Waals surface area contributed by atoms with Crippen LogP contribution in [0.15, 0.2) is 6.07 Å². The van der Waals surface area contributed by atoms with E-state index >= 15 is 0 Å². The summed E-state index contributed by atoms with van der Waals surface area (Å²) in [6.45, 7) is 4.70. The summed E-state index contributed by atoms with van der Waals surface area (Å²) < 4.78 is 5.43. The van der Waals surface area contributed by atoms with Crippen molar-refractivity contribution in [2.75, 3.05) is 19.7 Å². The number of likely N-dealkylation sites (tertiary alicyclic amines) is 1. The molecular formula is C15H21NO3S. The first-order chi connectivity index (χ1) is 9.65. The molecule has 3 heterocycles. The molecule has 1 aromatic heterocycles. The van der Waals surface area contributed by atoms with Crippen molar-refractivity contribution < 1.29 is 14.6 Å². The predicted octanol–water partition coefficient (Wildman–Crippen LogP) is 2.05. The van der Waals surface area contributed by atoms with Crippen LogP contribution in [0.2, 0.25) is 0 Å². The highest BCUT2D eigenvalue weighted by Crippen LogP contribution is 2.29. The van der Waals surface area contributed by atoms with Crippen LogP contribution in [-0.4, -0.2) is 41.7 Å². The number of rotatable bonds is 2. The molecule has 0 aromatic carbocycles. The van der Waals surface area contributed by atoms with Gasteiger partial charge in [-0.1, -0.05) is 0 Å². The lowest BCUT2D eigenvalue weighted by Crippen LogP contribution is -2.42. The van der Waals surface area contributed by atoms with Crippen LogP contribution in [0.4, 0.5) is 0 Å². The van der Waals surface area contributed by atoms with Gasteiger partial charge in [-0.15, -0.1) is 11.3 Å². The molecule has 0 spiro atoms. The standard InChI is InChI=1S/C15H21NO3S/c1-10(17)11-3-2-5-16(8-11)15(18)14-7-12-9-19-6-4-13(12)20-14/h7,10-11,17H,2-6,8-9H2,1H3. The van der Waals surface area contributed by atoms with Gasteiger partial charge in [0.1, 0.15) is 0 Å². The lowest BCUT2D eigenvalue weighted by molar-refractivity contribution is 0.0469. The zero-order valence-corrected chi connectivity index (χ0v) is 12.6. The Morgan fingerprint density at radius 1 is 1.60 bits per heavy atom. The highest BCUT2D eigenvalue weighted by Gasteiger charge is 2.28. The van der Waals surface area contributed by atoms with E-state index in [9.17, 15) is 9.90 Å². The molecule has 1 fully saturated rings. The molecule has 3 rings (SSSR count). The number of amides is 1. The van der Waals surface area contributed by atoms with Gasteiger partial charge in [-0.05, 0) is 31.4 Å². The number of piperidine rings is 1. The number of carbonyl (C=O) groups excluding carboxylic acids is 1. The second-order valence-electron chi connectivity index (χ2n) is 5.76. The molecule has 4 nitrogen and oxygen atoms in total. The van der Waals surface area contributed by atoms with E-state index in [-0.39, 0.29) is 17.9 Å². The van der Waals surface area contributed by atoms with Gasteiger partial charge in [0.2, 0.25) is 0 Å². The molecule has 0 aliphatic carbocycles. The van der Waals surface area contributed by atoms with Crippen molar-refractivity contribution in [2.45, 2.75) is 38.9 Å². The Hall–Kier alpha value is -0.910. The highest BCUT2D eigenvalue weighted by atomic mass is 32.1. The largest absolute Gasteiger partial charge is 0.393 e. The van der Waals surface area contributed by atoms with Gasteiger partial charge in [0.05, 0.1) is 24.2 Å². The lowest BCUT2D eigenvalue weighted by Gasteiger charge is -2.33. The second-order valence-corrected chi connectivity index (χ2v) is 6.89. The van der Waals surface area contributed by atoms with Crippen molar-refractivity contribution in [3.05, 3.63) is 21.4 Å². The predicted molar refractivity (Wildman–Crippen MR) is 78.0 cm³/mol. The molecule has 1 amide bonds. The zero-order chi connectivity index (χ0) is 14.1.